The molecule has 0 spiro atoms. The lowest BCUT2D eigenvalue weighted by molar-refractivity contribution is -0.141. The Morgan fingerprint density at radius 2 is 1.92 bits per heavy atom. The number of aliphatic hydroxyl groups is 1. The predicted octanol–water partition coefficient (Wildman–Crippen LogP) is 3.36. The second kappa shape index (κ2) is 6.04. The van der Waals surface area contributed by atoms with Crippen LogP contribution in [0.25, 0.3) is 0 Å². The van der Waals surface area contributed by atoms with E-state index < -0.39 is 11.5 Å². The minimum absolute atomic E-state index is 0.235. The summed E-state index contributed by atoms with van der Waals surface area (Å²) in [4.78, 5) is 26.1. The van der Waals surface area contributed by atoms with E-state index in [1.165, 1.54) is 11.8 Å². The number of rotatable bonds is 4. The molecule has 2 aromatic rings. The fourth-order valence-electron chi connectivity index (χ4n) is 3.27. The van der Waals surface area contributed by atoms with Gasteiger partial charge in [-0.15, -0.1) is 0 Å². The molecular weight excluding hydrogens is 326 g/mol. The van der Waals surface area contributed by atoms with Crippen molar-refractivity contribution in [2.75, 3.05) is 4.90 Å². The normalized spacial score (nSPS) is 19.5. The molecule has 4 nitrogen and oxygen atoms in total. The van der Waals surface area contributed by atoms with E-state index >= 15 is 0 Å². The first kappa shape index (κ1) is 16.7. The van der Waals surface area contributed by atoms with Gasteiger partial charge >= 0.3 is 0 Å². The summed E-state index contributed by atoms with van der Waals surface area (Å²) in [5.74, 6) is -0.722. The topological polar surface area (TPSA) is 57.6 Å². The van der Waals surface area contributed by atoms with Crippen LogP contribution in [0.1, 0.15) is 30.0 Å². The standard InChI is InChI=1S/C19H18ClNO3/c1-12-6-5-8-15-17(12)21(11-14-7-3-4-9-16(14)20)18(23)19(15,24)10-13(2)22/h3-9,24H,10-11H2,1-2H3/t19-/m0/s1. The Balaban J connectivity index is 2.10. The molecule has 0 saturated heterocycles. The molecule has 2 aromatic carbocycles. The smallest absolute Gasteiger partial charge is 0.264 e. The zero-order valence-electron chi connectivity index (χ0n) is 13.5. The third kappa shape index (κ3) is 2.62. The van der Waals surface area contributed by atoms with Crippen molar-refractivity contribution in [3.05, 3.63) is 64.2 Å². The van der Waals surface area contributed by atoms with E-state index in [1.54, 1.807) is 18.2 Å². The molecule has 124 valence electrons. The van der Waals surface area contributed by atoms with E-state index in [0.29, 0.717) is 16.3 Å². The third-order valence-electron chi connectivity index (χ3n) is 4.34. The summed E-state index contributed by atoms with van der Waals surface area (Å²) in [6, 6.07) is 12.6. The first-order valence-electron chi connectivity index (χ1n) is 7.72. The number of carbonyl (C=O) groups excluding carboxylic acids is 2. The van der Waals surface area contributed by atoms with Crippen molar-refractivity contribution >= 4 is 29.0 Å². The number of anilines is 1. The van der Waals surface area contributed by atoms with Gasteiger partial charge in [-0.3, -0.25) is 9.59 Å². The molecule has 1 aliphatic rings. The Morgan fingerprint density at radius 3 is 2.58 bits per heavy atom. The summed E-state index contributed by atoms with van der Waals surface area (Å²) in [6.45, 7) is 3.50. The third-order valence-corrected chi connectivity index (χ3v) is 4.71. The summed E-state index contributed by atoms with van der Waals surface area (Å²) >= 11 is 6.22. The van der Waals surface area contributed by atoms with Gasteiger partial charge in [0.1, 0.15) is 5.78 Å². The maximum absolute atomic E-state index is 13.0. The monoisotopic (exact) mass is 343 g/mol. The average molecular weight is 344 g/mol. The van der Waals surface area contributed by atoms with Crippen LogP contribution in [-0.4, -0.2) is 16.8 Å². The second-order valence-corrected chi connectivity index (χ2v) is 6.60. The lowest BCUT2D eigenvalue weighted by atomic mass is 9.89. The molecule has 24 heavy (non-hydrogen) atoms. The lowest BCUT2D eigenvalue weighted by Crippen LogP contribution is -2.41. The van der Waals surface area contributed by atoms with Gasteiger partial charge < -0.3 is 10.0 Å². The summed E-state index contributed by atoms with van der Waals surface area (Å²) in [5, 5.41) is 11.5. The van der Waals surface area contributed by atoms with Crippen molar-refractivity contribution in [3.8, 4) is 0 Å². The minimum atomic E-state index is -1.81. The molecule has 5 heteroatoms. The zero-order chi connectivity index (χ0) is 17.5. The van der Waals surface area contributed by atoms with Gasteiger partial charge in [0, 0.05) is 17.0 Å². The van der Waals surface area contributed by atoms with Gasteiger partial charge in [-0.05, 0) is 31.0 Å². The number of para-hydroxylation sites is 1. The molecule has 0 unspecified atom stereocenters. The summed E-state index contributed by atoms with van der Waals surface area (Å²) in [5.41, 5.74) is 0.983. The van der Waals surface area contributed by atoms with E-state index in [0.717, 1.165) is 11.1 Å². The van der Waals surface area contributed by atoms with Gasteiger partial charge in [-0.1, -0.05) is 48.0 Å². The van der Waals surface area contributed by atoms with Crippen LogP contribution in [-0.2, 0) is 21.7 Å². The van der Waals surface area contributed by atoms with Crippen molar-refractivity contribution in [1.29, 1.82) is 0 Å². The fraction of sp³-hybridized carbons (Fsp3) is 0.263. The quantitative estimate of drug-likeness (QED) is 0.926. The number of ketones is 1. The number of nitrogens with zero attached hydrogens (tertiary/aromatic N) is 1. The van der Waals surface area contributed by atoms with Crippen LogP contribution in [0.4, 0.5) is 5.69 Å². The Kier molecular flexibility index (Phi) is 4.20. The average Bonchev–Trinajstić information content (AvgIpc) is 2.72. The lowest BCUT2D eigenvalue weighted by Gasteiger charge is -2.22. The first-order chi connectivity index (χ1) is 11.3. The molecule has 1 amide bonds. The van der Waals surface area contributed by atoms with Crippen molar-refractivity contribution in [2.24, 2.45) is 0 Å². The van der Waals surface area contributed by atoms with Crippen LogP contribution in [0.5, 0.6) is 0 Å². The van der Waals surface area contributed by atoms with Crippen molar-refractivity contribution in [2.45, 2.75) is 32.4 Å². The maximum Gasteiger partial charge on any atom is 0.264 e. The van der Waals surface area contributed by atoms with Crippen LogP contribution < -0.4 is 4.90 Å². The van der Waals surface area contributed by atoms with E-state index in [1.807, 2.05) is 31.2 Å². The van der Waals surface area contributed by atoms with Crippen molar-refractivity contribution in [3.63, 3.8) is 0 Å². The highest BCUT2D eigenvalue weighted by Crippen LogP contribution is 2.45. The molecule has 1 heterocycles. The minimum Gasteiger partial charge on any atom is -0.375 e. The molecule has 0 radical (unpaired) electrons. The highest BCUT2D eigenvalue weighted by atomic mass is 35.5. The van der Waals surface area contributed by atoms with Gasteiger partial charge in [0.25, 0.3) is 5.91 Å². The van der Waals surface area contributed by atoms with Gasteiger partial charge in [0.05, 0.1) is 12.2 Å². The number of amides is 1. The predicted molar refractivity (Wildman–Crippen MR) is 93.0 cm³/mol. The molecule has 3 rings (SSSR count). The number of benzene rings is 2. The van der Waals surface area contributed by atoms with Gasteiger partial charge in [0.15, 0.2) is 5.60 Å². The van der Waals surface area contributed by atoms with Crippen molar-refractivity contribution in [1.82, 2.24) is 0 Å². The number of hydrogen-bond donors (Lipinski definition) is 1. The zero-order valence-corrected chi connectivity index (χ0v) is 14.3. The Morgan fingerprint density at radius 1 is 1.21 bits per heavy atom. The highest BCUT2D eigenvalue weighted by molar-refractivity contribution is 6.31. The Bertz CT molecular complexity index is 833. The molecule has 0 fully saturated rings. The number of carbonyl (C=O) groups is 2. The number of fused-ring (bicyclic) bond motifs is 1. The van der Waals surface area contributed by atoms with Gasteiger partial charge in [0.2, 0.25) is 0 Å². The molecule has 0 bridgehead atoms. The van der Waals surface area contributed by atoms with E-state index in [4.69, 9.17) is 11.6 Å². The van der Waals surface area contributed by atoms with E-state index in [-0.39, 0.29) is 18.7 Å². The van der Waals surface area contributed by atoms with Crippen LogP contribution in [0, 0.1) is 6.92 Å². The highest BCUT2D eigenvalue weighted by Gasteiger charge is 2.50. The number of hydrogen-bond acceptors (Lipinski definition) is 3. The summed E-state index contributed by atoms with van der Waals surface area (Å²) in [7, 11) is 0. The first-order valence-corrected chi connectivity index (χ1v) is 8.09. The fourth-order valence-corrected chi connectivity index (χ4v) is 3.47. The molecule has 0 saturated carbocycles. The van der Waals surface area contributed by atoms with E-state index in [9.17, 15) is 14.7 Å². The largest absolute Gasteiger partial charge is 0.375 e. The molecular formula is C19H18ClNO3. The second-order valence-electron chi connectivity index (χ2n) is 6.19. The molecule has 1 aliphatic heterocycles. The number of aryl methyl sites for hydroxylation is 1. The molecule has 0 aliphatic carbocycles. The molecule has 0 aromatic heterocycles. The maximum atomic E-state index is 13.0. The summed E-state index contributed by atoms with van der Waals surface area (Å²) < 4.78 is 0. The van der Waals surface area contributed by atoms with Crippen LogP contribution in [0.3, 0.4) is 0 Å². The van der Waals surface area contributed by atoms with Crippen LogP contribution in [0.2, 0.25) is 5.02 Å². The molecule has 1 N–H and O–H groups in total. The SMILES string of the molecule is CC(=O)C[C@@]1(O)C(=O)N(Cc2ccccc2Cl)c2c(C)cccc21. The summed E-state index contributed by atoms with van der Waals surface area (Å²) in [6.07, 6.45) is -0.235. The number of halogens is 1. The van der Waals surface area contributed by atoms with Crippen LogP contribution in [0.15, 0.2) is 42.5 Å². The van der Waals surface area contributed by atoms with E-state index in [2.05, 4.69) is 0 Å². The Hall–Kier alpha value is -2.17. The number of Topliss-reactive ketones (excluding diaryl/α,β-unsaturated/α-hetero) is 1. The molecule has 1 atom stereocenters. The van der Waals surface area contributed by atoms with Crippen LogP contribution >= 0.6 is 11.6 Å². The Labute approximate surface area is 145 Å². The van der Waals surface area contributed by atoms with Gasteiger partial charge in [-0.25, -0.2) is 0 Å². The van der Waals surface area contributed by atoms with Crippen molar-refractivity contribution < 1.29 is 14.7 Å². The van der Waals surface area contributed by atoms with Gasteiger partial charge in [-0.2, -0.15) is 0 Å².